The van der Waals surface area contributed by atoms with Gasteiger partial charge < -0.3 is 14.8 Å². The maximum atomic E-state index is 13.3. The summed E-state index contributed by atoms with van der Waals surface area (Å²) in [5.41, 5.74) is 2.32. The molecular weight excluding hydrogens is 418 g/mol. The molecule has 1 saturated heterocycles. The fourth-order valence-electron chi connectivity index (χ4n) is 4.84. The molecule has 1 fully saturated rings. The van der Waals surface area contributed by atoms with Crippen LogP contribution in [0.15, 0.2) is 59.5 Å². The van der Waals surface area contributed by atoms with Gasteiger partial charge in [0, 0.05) is 40.9 Å². The lowest BCUT2D eigenvalue weighted by molar-refractivity contribution is -0.127. The highest BCUT2D eigenvalue weighted by Gasteiger charge is 2.21. The van der Waals surface area contributed by atoms with E-state index in [1.54, 1.807) is 23.6 Å². The van der Waals surface area contributed by atoms with Crippen molar-refractivity contribution < 1.29 is 14.3 Å². The first-order chi connectivity index (χ1) is 16.1. The number of carbonyl (C=O) groups excluding carboxylic acids is 1. The standard InChI is InChI=1S/C26H23N3O4/c1-15(25(30)28-14-17-5-4-12-32-17)33-16-8-9-22-21(13-16)19-10-11-27-23-18-6-2-3-7-20(18)26(31)29(22)24(19)23/h2-3,6-11,13,15,17H,4-5,12,14H2,1H3,(H,28,30)/t15-,17+/m1/s1. The average Bonchev–Trinajstić information content (AvgIpc) is 3.48. The molecule has 2 atom stereocenters. The van der Waals surface area contributed by atoms with Gasteiger partial charge in [-0.15, -0.1) is 0 Å². The van der Waals surface area contributed by atoms with Gasteiger partial charge in [-0.05, 0) is 50.1 Å². The van der Waals surface area contributed by atoms with Crippen LogP contribution in [0.2, 0.25) is 0 Å². The quantitative estimate of drug-likeness (QED) is 0.421. The second kappa shape index (κ2) is 7.71. The molecule has 7 nitrogen and oxygen atoms in total. The summed E-state index contributed by atoms with van der Waals surface area (Å²) >= 11 is 0. The Bertz CT molecular complexity index is 1570. The molecule has 0 bridgehead atoms. The monoisotopic (exact) mass is 441 g/mol. The number of ether oxygens (including phenoxy) is 2. The Morgan fingerprint density at radius 1 is 1.18 bits per heavy atom. The first-order valence-electron chi connectivity index (χ1n) is 11.2. The van der Waals surface area contributed by atoms with Gasteiger partial charge in [-0.3, -0.25) is 19.0 Å². The highest BCUT2D eigenvalue weighted by Crippen LogP contribution is 2.34. The van der Waals surface area contributed by atoms with Crippen LogP contribution in [0.4, 0.5) is 0 Å². The molecule has 1 aliphatic heterocycles. The van der Waals surface area contributed by atoms with Crippen LogP contribution < -0.4 is 15.6 Å². The number of carbonyl (C=O) groups is 1. The molecule has 0 radical (unpaired) electrons. The van der Waals surface area contributed by atoms with Gasteiger partial charge in [-0.2, -0.15) is 0 Å². The van der Waals surface area contributed by atoms with E-state index < -0.39 is 6.10 Å². The predicted octanol–water partition coefficient (Wildman–Crippen LogP) is 3.65. The van der Waals surface area contributed by atoms with E-state index in [4.69, 9.17) is 9.47 Å². The lowest BCUT2D eigenvalue weighted by atomic mass is 10.1. The molecular formula is C26H23N3O4. The number of pyridine rings is 2. The van der Waals surface area contributed by atoms with Crippen molar-refractivity contribution in [3.05, 3.63) is 65.1 Å². The number of fused-ring (bicyclic) bond motifs is 5. The Labute approximate surface area is 189 Å². The van der Waals surface area contributed by atoms with Gasteiger partial charge in [0.1, 0.15) is 5.75 Å². The number of nitrogens with one attached hydrogen (secondary N) is 1. The van der Waals surface area contributed by atoms with Crippen molar-refractivity contribution in [1.29, 1.82) is 0 Å². The maximum Gasteiger partial charge on any atom is 0.263 e. The number of nitrogens with zero attached hydrogens (tertiary/aromatic N) is 2. The van der Waals surface area contributed by atoms with Gasteiger partial charge in [0.25, 0.3) is 11.5 Å². The normalized spacial score (nSPS) is 17.3. The summed E-state index contributed by atoms with van der Waals surface area (Å²) in [7, 11) is 0. The van der Waals surface area contributed by atoms with E-state index in [-0.39, 0.29) is 17.6 Å². The number of amides is 1. The third kappa shape index (κ3) is 3.19. The zero-order valence-electron chi connectivity index (χ0n) is 18.2. The summed E-state index contributed by atoms with van der Waals surface area (Å²) in [4.78, 5) is 30.4. The Morgan fingerprint density at radius 2 is 2.03 bits per heavy atom. The molecule has 7 heteroatoms. The highest BCUT2D eigenvalue weighted by atomic mass is 16.5. The largest absolute Gasteiger partial charge is 0.481 e. The molecule has 1 N–H and O–H groups in total. The molecule has 0 aliphatic carbocycles. The Hall–Kier alpha value is -3.71. The number of benzene rings is 2. The van der Waals surface area contributed by atoms with Crippen LogP contribution in [0.1, 0.15) is 19.8 Å². The van der Waals surface area contributed by atoms with E-state index in [0.29, 0.717) is 17.7 Å². The van der Waals surface area contributed by atoms with Crippen LogP contribution in [-0.2, 0) is 9.53 Å². The molecule has 0 spiro atoms. The number of aromatic nitrogens is 2. The lowest BCUT2D eigenvalue weighted by Gasteiger charge is -2.16. The summed E-state index contributed by atoms with van der Waals surface area (Å²) in [5.74, 6) is 0.395. The first kappa shape index (κ1) is 19.9. The average molecular weight is 441 g/mol. The third-order valence-electron chi connectivity index (χ3n) is 6.47. The molecule has 4 heterocycles. The topological polar surface area (TPSA) is 81.9 Å². The van der Waals surface area contributed by atoms with E-state index in [2.05, 4.69) is 10.3 Å². The highest BCUT2D eigenvalue weighted by molar-refractivity contribution is 6.18. The van der Waals surface area contributed by atoms with Crippen molar-refractivity contribution in [2.45, 2.75) is 32.0 Å². The molecule has 1 amide bonds. The molecule has 2 aromatic carbocycles. The molecule has 0 saturated carbocycles. The minimum atomic E-state index is -0.656. The van der Waals surface area contributed by atoms with Crippen LogP contribution >= 0.6 is 0 Å². The van der Waals surface area contributed by atoms with Gasteiger partial charge in [-0.1, -0.05) is 18.2 Å². The maximum absolute atomic E-state index is 13.3. The van der Waals surface area contributed by atoms with E-state index in [9.17, 15) is 9.59 Å². The summed E-state index contributed by atoms with van der Waals surface area (Å²) in [6.45, 7) is 2.98. The molecule has 1 aliphatic rings. The minimum Gasteiger partial charge on any atom is -0.481 e. The second-order valence-electron chi connectivity index (χ2n) is 8.56. The van der Waals surface area contributed by atoms with Crippen molar-refractivity contribution in [3.63, 3.8) is 0 Å². The molecule has 3 aromatic heterocycles. The van der Waals surface area contributed by atoms with E-state index in [1.807, 2.05) is 42.5 Å². The fourth-order valence-corrected chi connectivity index (χ4v) is 4.84. The predicted molar refractivity (Wildman–Crippen MR) is 127 cm³/mol. The number of hydrogen-bond acceptors (Lipinski definition) is 5. The van der Waals surface area contributed by atoms with Gasteiger partial charge >= 0.3 is 0 Å². The summed E-state index contributed by atoms with van der Waals surface area (Å²) in [5, 5.41) is 6.21. The Morgan fingerprint density at radius 3 is 2.85 bits per heavy atom. The Kier molecular flexibility index (Phi) is 4.66. The molecule has 166 valence electrons. The van der Waals surface area contributed by atoms with Crippen molar-refractivity contribution >= 4 is 44.0 Å². The summed E-state index contributed by atoms with van der Waals surface area (Å²) in [6.07, 6.45) is 3.20. The summed E-state index contributed by atoms with van der Waals surface area (Å²) < 4.78 is 13.3. The first-order valence-corrected chi connectivity index (χ1v) is 11.2. The molecule has 6 rings (SSSR count). The summed E-state index contributed by atoms with van der Waals surface area (Å²) in [6, 6.07) is 15.0. The smallest absolute Gasteiger partial charge is 0.263 e. The van der Waals surface area contributed by atoms with E-state index in [0.717, 1.165) is 52.2 Å². The lowest BCUT2D eigenvalue weighted by Crippen LogP contribution is -2.40. The molecule has 33 heavy (non-hydrogen) atoms. The van der Waals surface area contributed by atoms with Crippen molar-refractivity contribution in [1.82, 2.24) is 14.7 Å². The fraction of sp³-hybridized carbons (Fsp3) is 0.269. The van der Waals surface area contributed by atoms with Crippen LogP contribution in [0.3, 0.4) is 0 Å². The Balaban J connectivity index is 1.39. The van der Waals surface area contributed by atoms with E-state index in [1.165, 1.54) is 0 Å². The van der Waals surface area contributed by atoms with Crippen molar-refractivity contribution in [3.8, 4) is 5.75 Å². The second-order valence-corrected chi connectivity index (χ2v) is 8.56. The van der Waals surface area contributed by atoms with Crippen LogP contribution in [-0.4, -0.2) is 40.7 Å². The van der Waals surface area contributed by atoms with Crippen LogP contribution in [0.5, 0.6) is 5.75 Å². The third-order valence-corrected chi connectivity index (χ3v) is 6.47. The zero-order valence-corrected chi connectivity index (χ0v) is 18.2. The van der Waals surface area contributed by atoms with Gasteiger partial charge in [0.15, 0.2) is 6.10 Å². The minimum absolute atomic E-state index is 0.0679. The number of hydrogen-bond donors (Lipinski definition) is 1. The van der Waals surface area contributed by atoms with E-state index >= 15 is 0 Å². The van der Waals surface area contributed by atoms with Crippen LogP contribution in [0, 0.1) is 0 Å². The van der Waals surface area contributed by atoms with Crippen molar-refractivity contribution in [2.24, 2.45) is 0 Å². The number of rotatable bonds is 5. The van der Waals surface area contributed by atoms with Crippen molar-refractivity contribution in [2.75, 3.05) is 13.2 Å². The molecule has 5 aromatic rings. The molecule has 0 unspecified atom stereocenters. The van der Waals surface area contributed by atoms with Gasteiger partial charge in [-0.25, -0.2) is 0 Å². The SMILES string of the molecule is C[C@@H](Oc1ccc2c(c1)c1ccnc3c4ccccc4c(=O)n2c13)C(=O)NC[C@@H]1CCCO1. The van der Waals surface area contributed by atoms with Crippen LogP contribution in [0.25, 0.3) is 38.1 Å². The van der Waals surface area contributed by atoms with Gasteiger partial charge in [0.05, 0.1) is 22.7 Å². The van der Waals surface area contributed by atoms with Gasteiger partial charge in [0.2, 0.25) is 0 Å². The zero-order chi connectivity index (χ0) is 22.5.